The van der Waals surface area contributed by atoms with Crippen LogP contribution >= 0.6 is 0 Å². The first kappa shape index (κ1) is 21.6. The van der Waals surface area contributed by atoms with Gasteiger partial charge in [-0.3, -0.25) is 8.98 Å². The Labute approximate surface area is 182 Å². The number of nitrogens with zero attached hydrogens (tertiary/aromatic N) is 1. The van der Waals surface area contributed by atoms with Gasteiger partial charge in [0, 0.05) is 28.7 Å². The topological polar surface area (TPSA) is 74.6 Å². The van der Waals surface area contributed by atoms with Gasteiger partial charge in [0.15, 0.2) is 6.29 Å². The van der Waals surface area contributed by atoms with E-state index in [1.165, 1.54) is 0 Å². The number of methoxy groups -OCH3 is 1. The number of hydrogen-bond acceptors (Lipinski definition) is 5. The molecule has 0 amide bonds. The van der Waals surface area contributed by atoms with Crippen molar-refractivity contribution in [3.8, 4) is 5.75 Å². The first-order chi connectivity index (χ1) is 14.9. The van der Waals surface area contributed by atoms with Crippen LogP contribution in [0, 0.1) is 6.92 Å². The lowest BCUT2D eigenvalue weighted by Gasteiger charge is -2.16. The van der Waals surface area contributed by atoms with Crippen LogP contribution in [0.25, 0.3) is 10.9 Å². The standard InChI is InChI=1S/C24H27NO5S/c1-17-7-10-20(11-8-17)31(27,28)30-14-13-25-23-12-9-19(29-2)15-21(23)22(16-26)24(25)18-5-3-4-6-18/h7-12,15-16,18H,3-6,13-14H2,1-2H3. The molecule has 31 heavy (non-hydrogen) atoms. The molecule has 0 N–H and O–H groups in total. The van der Waals surface area contributed by atoms with Gasteiger partial charge in [-0.2, -0.15) is 8.42 Å². The molecule has 3 aromatic rings. The second-order valence-corrected chi connectivity index (χ2v) is 9.64. The lowest BCUT2D eigenvalue weighted by atomic mass is 9.99. The number of hydrogen-bond donors (Lipinski definition) is 0. The van der Waals surface area contributed by atoms with Gasteiger partial charge < -0.3 is 9.30 Å². The number of ether oxygens (including phenoxy) is 1. The van der Waals surface area contributed by atoms with Crippen LogP contribution in [0.3, 0.4) is 0 Å². The van der Waals surface area contributed by atoms with Gasteiger partial charge in [-0.15, -0.1) is 0 Å². The molecule has 0 bridgehead atoms. The smallest absolute Gasteiger partial charge is 0.297 e. The van der Waals surface area contributed by atoms with Crippen molar-refractivity contribution in [2.45, 2.75) is 50.0 Å². The van der Waals surface area contributed by atoms with E-state index in [0.29, 0.717) is 17.9 Å². The van der Waals surface area contributed by atoms with Gasteiger partial charge in [0.25, 0.3) is 10.1 Å². The van der Waals surface area contributed by atoms with E-state index in [-0.39, 0.29) is 17.4 Å². The van der Waals surface area contributed by atoms with Crippen molar-refractivity contribution in [1.82, 2.24) is 4.57 Å². The van der Waals surface area contributed by atoms with Gasteiger partial charge in [-0.05, 0) is 56.0 Å². The van der Waals surface area contributed by atoms with Crippen molar-refractivity contribution >= 4 is 27.3 Å². The van der Waals surface area contributed by atoms with Gasteiger partial charge in [0.2, 0.25) is 0 Å². The second-order valence-electron chi connectivity index (χ2n) is 8.02. The van der Waals surface area contributed by atoms with Gasteiger partial charge >= 0.3 is 0 Å². The van der Waals surface area contributed by atoms with Gasteiger partial charge in [-0.25, -0.2) is 0 Å². The van der Waals surface area contributed by atoms with Crippen LogP contribution in [0.1, 0.15) is 53.2 Å². The number of aryl methyl sites for hydroxylation is 1. The van der Waals surface area contributed by atoms with Crippen LogP contribution in [-0.2, 0) is 20.8 Å². The summed E-state index contributed by atoms with van der Waals surface area (Å²) in [6.07, 6.45) is 5.22. The minimum absolute atomic E-state index is 0.00988. The van der Waals surface area contributed by atoms with Crippen molar-refractivity contribution < 1.29 is 22.1 Å². The Balaban J connectivity index is 1.66. The maximum absolute atomic E-state index is 12.6. The first-order valence-electron chi connectivity index (χ1n) is 10.6. The molecule has 1 aromatic heterocycles. The Morgan fingerprint density at radius 3 is 2.45 bits per heavy atom. The number of rotatable bonds is 8. The van der Waals surface area contributed by atoms with E-state index in [0.717, 1.165) is 54.1 Å². The maximum atomic E-state index is 12.6. The lowest BCUT2D eigenvalue weighted by Crippen LogP contribution is -2.15. The summed E-state index contributed by atoms with van der Waals surface area (Å²) < 4.78 is 37.9. The summed E-state index contributed by atoms with van der Waals surface area (Å²) in [7, 11) is -2.25. The summed E-state index contributed by atoms with van der Waals surface area (Å²) in [5, 5.41) is 0.831. The molecular weight excluding hydrogens is 414 g/mol. The predicted molar refractivity (Wildman–Crippen MR) is 119 cm³/mol. The SMILES string of the molecule is COc1ccc2c(c1)c(C=O)c(C1CCCC1)n2CCOS(=O)(=O)c1ccc(C)cc1. The third kappa shape index (κ3) is 4.25. The quantitative estimate of drug-likeness (QED) is 0.370. The zero-order chi connectivity index (χ0) is 22.0. The molecule has 4 rings (SSSR count). The molecule has 1 fully saturated rings. The lowest BCUT2D eigenvalue weighted by molar-refractivity contribution is 0.112. The van der Waals surface area contributed by atoms with Crippen LogP contribution in [-0.4, -0.2) is 33.0 Å². The fourth-order valence-corrected chi connectivity index (χ4v) is 5.42. The Morgan fingerprint density at radius 2 is 1.81 bits per heavy atom. The number of benzene rings is 2. The molecule has 1 heterocycles. The van der Waals surface area contributed by atoms with E-state index >= 15 is 0 Å². The van der Waals surface area contributed by atoms with Crippen LogP contribution in [0.5, 0.6) is 5.75 Å². The minimum Gasteiger partial charge on any atom is -0.497 e. The average Bonchev–Trinajstić information content (AvgIpc) is 3.39. The molecule has 1 aliphatic rings. The zero-order valence-corrected chi connectivity index (χ0v) is 18.7. The molecule has 0 radical (unpaired) electrons. The molecule has 164 valence electrons. The van der Waals surface area contributed by atoms with Crippen LogP contribution in [0.2, 0.25) is 0 Å². The molecule has 0 saturated heterocycles. The van der Waals surface area contributed by atoms with Crippen molar-refractivity contribution in [3.63, 3.8) is 0 Å². The van der Waals surface area contributed by atoms with Crippen molar-refractivity contribution in [1.29, 1.82) is 0 Å². The normalized spacial score (nSPS) is 14.9. The molecular formula is C24H27NO5S. The highest BCUT2D eigenvalue weighted by Gasteiger charge is 2.27. The van der Waals surface area contributed by atoms with E-state index in [1.54, 1.807) is 31.4 Å². The second kappa shape index (κ2) is 8.85. The minimum atomic E-state index is -3.84. The largest absolute Gasteiger partial charge is 0.497 e. The summed E-state index contributed by atoms with van der Waals surface area (Å²) in [6.45, 7) is 2.23. The number of fused-ring (bicyclic) bond motifs is 1. The van der Waals surface area contributed by atoms with Crippen molar-refractivity contribution in [2.24, 2.45) is 0 Å². The number of aldehydes is 1. The Bertz CT molecular complexity index is 1190. The van der Waals surface area contributed by atoms with Crippen LogP contribution in [0.15, 0.2) is 47.4 Å². The van der Waals surface area contributed by atoms with E-state index in [4.69, 9.17) is 8.92 Å². The third-order valence-corrected chi connectivity index (χ3v) is 7.40. The fraction of sp³-hybridized carbons (Fsp3) is 0.375. The van der Waals surface area contributed by atoms with Crippen molar-refractivity contribution in [2.75, 3.05) is 13.7 Å². The van der Waals surface area contributed by atoms with Crippen molar-refractivity contribution in [3.05, 3.63) is 59.3 Å². The Hall–Kier alpha value is -2.64. The summed E-state index contributed by atoms with van der Waals surface area (Å²) in [4.78, 5) is 12.2. The molecule has 0 atom stereocenters. The van der Waals surface area contributed by atoms with Crippen LogP contribution < -0.4 is 4.74 Å². The Kier molecular flexibility index (Phi) is 6.16. The number of aromatic nitrogens is 1. The molecule has 1 aliphatic carbocycles. The predicted octanol–water partition coefficient (Wildman–Crippen LogP) is 4.83. The highest BCUT2D eigenvalue weighted by Crippen LogP contribution is 2.40. The summed E-state index contributed by atoms with van der Waals surface area (Å²) in [5.41, 5.74) is 3.52. The summed E-state index contributed by atoms with van der Waals surface area (Å²) in [6, 6.07) is 12.3. The van der Waals surface area contributed by atoms with E-state index in [1.807, 2.05) is 25.1 Å². The molecule has 7 heteroatoms. The molecule has 0 unspecified atom stereocenters. The van der Waals surface area contributed by atoms with Gasteiger partial charge in [0.05, 0.1) is 18.6 Å². The highest BCUT2D eigenvalue weighted by molar-refractivity contribution is 7.86. The van der Waals surface area contributed by atoms with Gasteiger partial charge in [0.1, 0.15) is 5.75 Å². The van der Waals surface area contributed by atoms with Gasteiger partial charge in [-0.1, -0.05) is 30.5 Å². The number of carbonyl (C=O) groups is 1. The average molecular weight is 442 g/mol. The van der Waals surface area contributed by atoms with Crippen LogP contribution in [0.4, 0.5) is 0 Å². The molecule has 6 nitrogen and oxygen atoms in total. The first-order valence-corrected chi connectivity index (χ1v) is 12.0. The molecule has 1 saturated carbocycles. The summed E-state index contributed by atoms with van der Waals surface area (Å²) in [5.74, 6) is 0.969. The maximum Gasteiger partial charge on any atom is 0.297 e. The van der Waals surface area contributed by atoms with E-state index < -0.39 is 10.1 Å². The number of carbonyl (C=O) groups excluding carboxylic acids is 1. The third-order valence-electron chi connectivity index (χ3n) is 6.07. The molecule has 0 aliphatic heterocycles. The van der Waals surface area contributed by atoms with E-state index in [9.17, 15) is 13.2 Å². The Morgan fingerprint density at radius 1 is 1.10 bits per heavy atom. The fourth-order valence-electron chi connectivity index (χ4n) is 4.52. The highest BCUT2D eigenvalue weighted by atomic mass is 32.2. The molecule has 0 spiro atoms. The molecule has 2 aromatic carbocycles. The zero-order valence-electron chi connectivity index (χ0n) is 17.8. The van der Waals surface area contributed by atoms with E-state index in [2.05, 4.69) is 4.57 Å². The summed E-state index contributed by atoms with van der Waals surface area (Å²) >= 11 is 0. The monoisotopic (exact) mass is 441 g/mol.